The Morgan fingerprint density at radius 1 is 1.59 bits per heavy atom. The highest BCUT2D eigenvalue weighted by Gasteiger charge is 2.27. The van der Waals surface area contributed by atoms with Crippen LogP contribution in [0.15, 0.2) is 22.7 Å². The van der Waals surface area contributed by atoms with Gasteiger partial charge in [-0.1, -0.05) is 0 Å². The van der Waals surface area contributed by atoms with Crippen LogP contribution >= 0.6 is 27.7 Å². The van der Waals surface area contributed by atoms with Crippen LogP contribution in [0.3, 0.4) is 0 Å². The third kappa shape index (κ3) is 2.60. The van der Waals surface area contributed by atoms with Gasteiger partial charge in [0.2, 0.25) is 0 Å². The van der Waals surface area contributed by atoms with Crippen molar-refractivity contribution in [3.8, 4) is 5.75 Å². The minimum atomic E-state index is 0.0632. The monoisotopic (exact) mass is 315 g/mol. The van der Waals surface area contributed by atoms with Crippen molar-refractivity contribution in [3.05, 3.63) is 28.2 Å². The lowest BCUT2D eigenvalue weighted by molar-refractivity contribution is 0.0767. The number of halogens is 1. The lowest BCUT2D eigenvalue weighted by atomic mass is 10.2. The first-order valence-corrected chi connectivity index (χ1v) is 7.24. The van der Waals surface area contributed by atoms with Crippen LogP contribution in [0.25, 0.3) is 0 Å². The molecule has 1 heterocycles. The number of carbonyl (C=O) groups is 1. The Hall–Kier alpha value is -0.680. The lowest BCUT2D eigenvalue weighted by Gasteiger charge is -2.21. The molecule has 1 atom stereocenters. The van der Waals surface area contributed by atoms with Crippen molar-refractivity contribution >= 4 is 33.6 Å². The molecule has 92 valence electrons. The number of methoxy groups -OCH3 is 1. The molecule has 1 saturated heterocycles. The standard InChI is InChI=1S/C12H14BrNO2S/c1-8-14(5-6-17-8)12(15)10-7-9(16-2)3-4-11(10)13/h3-4,7-8H,5-6H2,1-2H3. The highest BCUT2D eigenvalue weighted by Crippen LogP contribution is 2.29. The SMILES string of the molecule is COc1ccc(Br)c(C(=O)N2CCSC2C)c1. The molecule has 0 bridgehead atoms. The van der Waals surface area contributed by atoms with Gasteiger partial charge in [-0.2, -0.15) is 0 Å². The van der Waals surface area contributed by atoms with Gasteiger partial charge in [0.1, 0.15) is 5.75 Å². The van der Waals surface area contributed by atoms with Crippen LogP contribution in [-0.4, -0.2) is 35.6 Å². The van der Waals surface area contributed by atoms with E-state index in [0.29, 0.717) is 11.3 Å². The van der Waals surface area contributed by atoms with E-state index in [1.54, 1.807) is 24.9 Å². The number of benzene rings is 1. The van der Waals surface area contributed by atoms with Gasteiger partial charge in [0, 0.05) is 16.8 Å². The average Bonchev–Trinajstić information content (AvgIpc) is 2.75. The van der Waals surface area contributed by atoms with E-state index in [1.165, 1.54) is 0 Å². The summed E-state index contributed by atoms with van der Waals surface area (Å²) >= 11 is 5.22. The zero-order chi connectivity index (χ0) is 12.4. The second-order valence-electron chi connectivity index (χ2n) is 3.81. The molecule has 0 N–H and O–H groups in total. The molecule has 1 aromatic rings. The number of carbonyl (C=O) groups excluding carboxylic acids is 1. The van der Waals surface area contributed by atoms with Crippen molar-refractivity contribution in [3.63, 3.8) is 0 Å². The Bertz CT molecular complexity index is 439. The normalized spacial score (nSPS) is 19.5. The molecule has 1 aliphatic rings. The number of thioether (sulfide) groups is 1. The predicted octanol–water partition coefficient (Wildman–Crippen LogP) is 2.99. The Balaban J connectivity index is 2.29. The maximum absolute atomic E-state index is 12.4. The Kier molecular flexibility index (Phi) is 3.99. The molecule has 1 unspecified atom stereocenters. The Labute approximate surface area is 114 Å². The van der Waals surface area contributed by atoms with Crippen molar-refractivity contribution in [1.82, 2.24) is 4.90 Å². The minimum absolute atomic E-state index is 0.0632. The zero-order valence-electron chi connectivity index (χ0n) is 9.77. The van der Waals surface area contributed by atoms with E-state index < -0.39 is 0 Å². The molecule has 1 amide bonds. The van der Waals surface area contributed by atoms with Gasteiger partial charge in [0.25, 0.3) is 5.91 Å². The molecule has 5 heteroatoms. The molecule has 2 rings (SSSR count). The second kappa shape index (κ2) is 5.31. The molecule has 1 aliphatic heterocycles. The summed E-state index contributed by atoms with van der Waals surface area (Å²) in [7, 11) is 1.60. The van der Waals surface area contributed by atoms with Gasteiger partial charge in [-0.3, -0.25) is 4.79 Å². The minimum Gasteiger partial charge on any atom is -0.497 e. The van der Waals surface area contributed by atoms with Gasteiger partial charge < -0.3 is 9.64 Å². The number of hydrogen-bond acceptors (Lipinski definition) is 3. The highest BCUT2D eigenvalue weighted by molar-refractivity contribution is 9.10. The van der Waals surface area contributed by atoms with E-state index in [1.807, 2.05) is 17.0 Å². The molecule has 0 aliphatic carbocycles. The van der Waals surface area contributed by atoms with E-state index in [2.05, 4.69) is 22.9 Å². The van der Waals surface area contributed by atoms with Crippen LogP contribution < -0.4 is 4.74 Å². The van der Waals surface area contributed by atoms with E-state index >= 15 is 0 Å². The van der Waals surface area contributed by atoms with Gasteiger partial charge in [0.15, 0.2) is 0 Å². The summed E-state index contributed by atoms with van der Waals surface area (Å²) in [5.74, 6) is 1.78. The summed E-state index contributed by atoms with van der Waals surface area (Å²) in [6, 6.07) is 5.46. The van der Waals surface area contributed by atoms with Crippen molar-refractivity contribution in [2.24, 2.45) is 0 Å². The van der Waals surface area contributed by atoms with E-state index in [9.17, 15) is 4.79 Å². The molecule has 0 aromatic heterocycles. The van der Waals surface area contributed by atoms with Crippen LogP contribution in [0.5, 0.6) is 5.75 Å². The average molecular weight is 316 g/mol. The van der Waals surface area contributed by atoms with E-state index in [4.69, 9.17) is 4.74 Å². The van der Waals surface area contributed by atoms with Crippen molar-refractivity contribution in [1.29, 1.82) is 0 Å². The third-order valence-corrected chi connectivity index (χ3v) is 4.64. The molecule has 0 radical (unpaired) electrons. The summed E-state index contributed by atoms with van der Waals surface area (Å²) in [6.45, 7) is 2.87. The summed E-state index contributed by atoms with van der Waals surface area (Å²) in [4.78, 5) is 14.3. The van der Waals surface area contributed by atoms with Crippen LogP contribution in [0, 0.1) is 0 Å². The fourth-order valence-electron chi connectivity index (χ4n) is 1.81. The summed E-state index contributed by atoms with van der Waals surface area (Å²) in [6.07, 6.45) is 0. The number of rotatable bonds is 2. The van der Waals surface area contributed by atoms with Crippen LogP contribution in [0.2, 0.25) is 0 Å². The van der Waals surface area contributed by atoms with E-state index in [-0.39, 0.29) is 11.3 Å². The Morgan fingerprint density at radius 2 is 2.35 bits per heavy atom. The maximum Gasteiger partial charge on any atom is 0.256 e. The van der Waals surface area contributed by atoms with Crippen LogP contribution in [0.1, 0.15) is 17.3 Å². The molecule has 0 spiro atoms. The smallest absolute Gasteiger partial charge is 0.256 e. The number of hydrogen-bond donors (Lipinski definition) is 0. The summed E-state index contributed by atoms with van der Waals surface area (Å²) in [5, 5.41) is 0.251. The first-order chi connectivity index (χ1) is 8.13. The number of ether oxygens (including phenoxy) is 1. The fraction of sp³-hybridized carbons (Fsp3) is 0.417. The molecule has 1 aromatic carbocycles. The van der Waals surface area contributed by atoms with Crippen LogP contribution in [0.4, 0.5) is 0 Å². The zero-order valence-corrected chi connectivity index (χ0v) is 12.2. The van der Waals surface area contributed by atoms with E-state index in [0.717, 1.165) is 16.8 Å². The number of nitrogens with zero attached hydrogens (tertiary/aromatic N) is 1. The lowest BCUT2D eigenvalue weighted by Crippen LogP contribution is -2.33. The largest absolute Gasteiger partial charge is 0.497 e. The van der Waals surface area contributed by atoms with Gasteiger partial charge in [-0.15, -0.1) is 11.8 Å². The topological polar surface area (TPSA) is 29.5 Å². The van der Waals surface area contributed by atoms with Gasteiger partial charge in [-0.25, -0.2) is 0 Å². The van der Waals surface area contributed by atoms with Crippen LogP contribution in [-0.2, 0) is 0 Å². The Morgan fingerprint density at radius 3 is 2.94 bits per heavy atom. The molecular formula is C12H14BrNO2S. The number of amides is 1. The molecule has 3 nitrogen and oxygen atoms in total. The van der Waals surface area contributed by atoms with Gasteiger partial charge >= 0.3 is 0 Å². The van der Waals surface area contributed by atoms with Gasteiger partial charge in [-0.05, 0) is 41.1 Å². The highest BCUT2D eigenvalue weighted by atomic mass is 79.9. The molecule has 1 fully saturated rings. The van der Waals surface area contributed by atoms with Crippen molar-refractivity contribution in [2.45, 2.75) is 12.3 Å². The van der Waals surface area contributed by atoms with Crippen molar-refractivity contribution in [2.75, 3.05) is 19.4 Å². The molecule has 17 heavy (non-hydrogen) atoms. The maximum atomic E-state index is 12.4. The van der Waals surface area contributed by atoms with Crippen molar-refractivity contribution < 1.29 is 9.53 Å². The predicted molar refractivity (Wildman–Crippen MR) is 73.7 cm³/mol. The quantitative estimate of drug-likeness (QED) is 0.840. The summed E-state index contributed by atoms with van der Waals surface area (Å²) in [5.41, 5.74) is 0.665. The first-order valence-electron chi connectivity index (χ1n) is 5.39. The second-order valence-corrected chi connectivity index (χ2v) is 6.09. The van der Waals surface area contributed by atoms with Gasteiger partial charge in [0.05, 0.1) is 18.0 Å². The molecule has 0 saturated carbocycles. The third-order valence-electron chi connectivity index (χ3n) is 2.79. The molecular weight excluding hydrogens is 302 g/mol. The fourth-order valence-corrected chi connectivity index (χ4v) is 3.25. The summed E-state index contributed by atoms with van der Waals surface area (Å²) < 4.78 is 5.97. The first kappa shape index (κ1) is 12.8.